The molecule has 14 heavy (non-hydrogen) atoms. The molecule has 0 spiro atoms. The number of nitrogens with one attached hydrogen (secondary N) is 2. The van der Waals surface area contributed by atoms with Crippen molar-refractivity contribution >= 4 is 5.91 Å². The zero-order chi connectivity index (χ0) is 10.1. The lowest BCUT2D eigenvalue weighted by Crippen LogP contribution is -2.30. The molecule has 1 saturated heterocycles. The van der Waals surface area contributed by atoms with Crippen molar-refractivity contribution in [3.05, 3.63) is 18.0 Å². The van der Waals surface area contributed by atoms with E-state index in [0.717, 1.165) is 5.69 Å². The average molecular weight is 194 g/mol. The molecule has 1 aliphatic heterocycles. The molecule has 0 aliphatic carbocycles. The minimum Gasteiger partial charge on any atom is -0.320 e. The molecule has 5 heteroatoms. The molecule has 0 bridgehead atoms. The lowest BCUT2D eigenvalue weighted by atomic mass is 10.3. The van der Waals surface area contributed by atoms with Crippen LogP contribution in [0, 0.1) is 0 Å². The molecule has 1 amide bonds. The molecule has 5 nitrogen and oxygen atoms in total. The van der Waals surface area contributed by atoms with Gasteiger partial charge in [0.1, 0.15) is 6.17 Å². The minimum absolute atomic E-state index is 0.0509. The predicted octanol–water partition coefficient (Wildman–Crippen LogP) is 0.248. The summed E-state index contributed by atoms with van der Waals surface area (Å²) in [6, 6.07) is 1.77. The molecule has 1 aromatic rings. The Morgan fingerprint density at radius 3 is 3.00 bits per heavy atom. The van der Waals surface area contributed by atoms with Crippen LogP contribution >= 0.6 is 0 Å². The van der Waals surface area contributed by atoms with Gasteiger partial charge in [0.05, 0.1) is 11.7 Å². The van der Waals surface area contributed by atoms with Gasteiger partial charge in [-0.15, -0.1) is 0 Å². The Kier molecular flexibility index (Phi) is 2.25. The van der Waals surface area contributed by atoms with E-state index in [0.29, 0.717) is 6.54 Å². The first-order valence-corrected chi connectivity index (χ1v) is 4.80. The Balaban J connectivity index is 2.24. The fourth-order valence-electron chi connectivity index (χ4n) is 1.79. The van der Waals surface area contributed by atoms with Crippen LogP contribution in [0.25, 0.3) is 0 Å². The fourth-order valence-corrected chi connectivity index (χ4v) is 1.79. The summed E-state index contributed by atoms with van der Waals surface area (Å²) < 4.78 is 0. The van der Waals surface area contributed by atoms with Crippen LogP contribution in [-0.4, -0.2) is 33.6 Å². The number of amides is 1. The Hall–Kier alpha value is -1.36. The van der Waals surface area contributed by atoms with E-state index in [1.165, 1.54) is 0 Å². The Morgan fingerprint density at radius 2 is 2.43 bits per heavy atom. The number of carbonyl (C=O) groups is 1. The molecule has 0 radical (unpaired) electrons. The number of rotatable bonds is 2. The van der Waals surface area contributed by atoms with Crippen molar-refractivity contribution in [1.82, 2.24) is 20.4 Å². The summed E-state index contributed by atoms with van der Waals surface area (Å²) in [6.45, 7) is 4.56. The topological polar surface area (TPSA) is 61.0 Å². The number of nitrogens with zero attached hydrogens (tertiary/aromatic N) is 2. The molecular weight excluding hydrogens is 180 g/mol. The monoisotopic (exact) mass is 194 g/mol. The number of hydrogen-bond acceptors (Lipinski definition) is 3. The number of aromatic amines is 1. The normalized spacial score (nSPS) is 27.3. The van der Waals surface area contributed by atoms with E-state index in [1.54, 1.807) is 11.1 Å². The molecule has 2 N–H and O–H groups in total. The van der Waals surface area contributed by atoms with Gasteiger partial charge < -0.3 is 4.90 Å². The second-order valence-corrected chi connectivity index (χ2v) is 3.43. The van der Waals surface area contributed by atoms with Crippen molar-refractivity contribution in [1.29, 1.82) is 0 Å². The van der Waals surface area contributed by atoms with Crippen molar-refractivity contribution in [2.45, 2.75) is 26.1 Å². The lowest BCUT2D eigenvalue weighted by Gasteiger charge is -2.20. The van der Waals surface area contributed by atoms with E-state index < -0.39 is 0 Å². The molecule has 0 aromatic carbocycles. The number of likely N-dealkylation sites (N-methyl/N-ethyl adjacent to an activating group) is 1. The first kappa shape index (κ1) is 9.21. The molecule has 1 aromatic heterocycles. The van der Waals surface area contributed by atoms with Gasteiger partial charge in [0.2, 0.25) is 5.91 Å². The molecule has 2 rings (SSSR count). The third-order valence-electron chi connectivity index (χ3n) is 2.53. The van der Waals surface area contributed by atoms with Crippen LogP contribution in [0.4, 0.5) is 0 Å². The molecule has 2 heterocycles. The van der Waals surface area contributed by atoms with Crippen LogP contribution < -0.4 is 5.32 Å². The second kappa shape index (κ2) is 3.42. The molecule has 76 valence electrons. The van der Waals surface area contributed by atoms with Gasteiger partial charge in [-0.05, 0) is 19.9 Å². The van der Waals surface area contributed by atoms with Crippen LogP contribution in [-0.2, 0) is 4.79 Å². The maximum Gasteiger partial charge on any atom is 0.241 e. The van der Waals surface area contributed by atoms with E-state index in [1.807, 2.05) is 19.9 Å². The smallest absolute Gasteiger partial charge is 0.241 e. The summed E-state index contributed by atoms with van der Waals surface area (Å²) in [5.41, 5.74) is 0.935. The SMILES string of the molecule is CCN1C(=O)C(C)NC1c1ccn[nH]1. The zero-order valence-electron chi connectivity index (χ0n) is 8.32. The van der Waals surface area contributed by atoms with Crippen LogP contribution in [0.15, 0.2) is 12.3 Å². The van der Waals surface area contributed by atoms with Gasteiger partial charge in [0, 0.05) is 12.7 Å². The highest BCUT2D eigenvalue weighted by Gasteiger charge is 2.36. The van der Waals surface area contributed by atoms with E-state index in [2.05, 4.69) is 15.5 Å². The Labute approximate surface area is 82.5 Å². The molecule has 1 aliphatic rings. The largest absolute Gasteiger partial charge is 0.320 e. The van der Waals surface area contributed by atoms with Gasteiger partial charge in [-0.1, -0.05) is 0 Å². The van der Waals surface area contributed by atoms with Gasteiger partial charge in [-0.2, -0.15) is 5.10 Å². The van der Waals surface area contributed by atoms with Gasteiger partial charge in [-0.3, -0.25) is 15.2 Å². The Bertz CT molecular complexity index is 322. The molecule has 1 fully saturated rings. The van der Waals surface area contributed by atoms with Crippen molar-refractivity contribution in [2.24, 2.45) is 0 Å². The second-order valence-electron chi connectivity index (χ2n) is 3.43. The maximum absolute atomic E-state index is 11.7. The molecule has 2 atom stereocenters. The van der Waals surface area contributed by atoms with Gasteiger partial charge in [-0.25, -0.2) is 0 Å². The summed E-state index contributed by atoms with van der Waals surface area (Å²) in [4.78, 5) is 13.5. The Morgan fingerprint density at radius 1 is 1.64 bits per heavy atom. The highest BCUT2D eigenvalue weighted by molar-refractivity contribution is 5.84. The average Bonchev–Trinajstić information content (AvgIpc) is 2.76. The first-order valence-electron chi connectivity index (χ1n) is 4.80. The fraction of sp³-hybridized carbons (Fsp3) is 0.556. The molecular formula is C9H14N4O. The minimum atomic E-state index is -0.108. The molecule has 0 saturated carbocycles. The number of H-pyrrole nitrogens is 1. The van der Waals surface area contributed by atoms with Crippen LogP contribution in [0.3, 0.4) is 0 Å². The third-order valence-corrected chi connectivity index (χ3v) is 2.53. The van der Waals surface area contributed by atoms with Crippen LogP contribution in [0.1, 0.15) is 25.7 Å². The zero-order valence-corrected chi connectivity index (χ0v) is 8.32. The first-order chi connectivity index (χ1) is 6.74. The van der Waals surface area contributed by atoms with Gasteiger partial charge in [0.15, 0.2) is 0 Å². The standard InChI is InChI=1S/C9H14N4O/c1-3-13-8(7-4-5-10-12-7)11-6(2)9(13)14/h4-6,8,11H,3H2,1-2H3,(H,10,12). The summed E-state index contributed by atoms with van der Waals surface area (Å²) in [5, 5.41) is 9.97. The number of carbonyl (C=O) groups excluding carboxylic acids is 1. The van der Waals surface area contributed by atoms with E-state index in [9.17, 15) is 4.79 Å². The summed E-state index contributed by atoms with van der Waals surface area (Å²) in [7, 11) is 0. The summed E-state index contributed by atoms with van der Waals surface area (Å²) in [5.74, 6) is 0.145. The van der Waals surface area contributed by atoms with Crippen molar-refractivity contribution in [3.63, 3.8) is 0 Å². The number of aromatic nitrogens is 2. The third kappa shape index (κ3) is 1.29. The molecule has 2 unspecified atom stereocenters. The maximum atomic E-state index is 11.7. The van der Waals surface area contributed by atoms with E-state index in [4.69, 9.17) is 0 Å². The summed E-state index contributed by atoms with van der Waals surface area (Å²) >= 11 is 0. The highest BCUT2D eigenvalue weighted by atomic mass is 16.2. The predicted molar refractivity (Wildman–Crippen MR) is 51.3 cm³/mol. The van der Waals surface area contributed by atoms with Gasteiger partial charge >= 0.3 is 0 Å². The van der Waals surface area contributed by atoms with Crippen molar-refractivity contribution in [2.75, 3.05) is 6.54 Å². The quantitative estimate of drug-likeness (QED) is 0.709. The van der Waals surface area contributed by atoms with Crippen molar-refractivity contribution < 1.29 is 4.79 Å². The van der Waals surface area contributed by atoms with E-state index >= 15 is 0 Å². The van der Waals surface area contributed by atoms with Crippen molar-refractivity contribution in [3.8, 4) is 0 Å². The van der Waals surface area contributed by atoms with Gasteiger partial charge in [0.25, 0.3) is 0 Å². The highest BCUT2D eigenvalue weighted by Crippen LogP contribution is 2.22. The lowest BCUT2D eigenvalue weighted by molar-refractivity contribution is -0.129. The van der Waals surface area contributed by atoms with Crippen LogP contribution in [0.5, 0.6) is 0 Å². The summed E-state index contributed by atoms with van der Waals surface area (Å²) in [6.07, 6.45) is 1.64. The van der Waals surface area contributed by atoms with E-state index in [-0.39, 0.29) is 18.1 Å². The van der Waals surface area contributed by atoms with Crippen LogP contribution in [0.2, 0.25) is 0 Å². The number of hydrogen-bond donors (Lipinski definition) is 2.